The van der Waals surface area contributed by atoms with Crippen LogP contribution in [0.3, 0.4) is 0 Å². The number of nitrogens with zero attached hydrogens (tertiary/aromatic N) is 4. The Labute approximate surface area is 201 Å². The molecule has 0 spiro atoms. The van der Waals surface area contributed by atoms with Crippen molar-refractivity contribution in [3.63, 3.8) is 0 Å². The monoisotopic (exact) mass is 465 g/mol. The van der Waals surface area contributed by atoms with Crippen molar-refractivity contribution < 1.29 is 14.3 Å². The van der Waals surface area contributed by atoms with E-state index in [-0.39, 0.29) is 5.91 Å². The van der Waals surface area contributed by atoms with Gasteiger partial charge in [-0.05, 0) is 98.6 Å². The lowest BCUT2D eigenvalue weighted by Crippen LogP contribution is -2.58. The van der Waals surface area contributed by atoms with Crippen LogP contribution in [0.5, 0.6) is 0 Å². The van der Waals surface area contributed by atoms with Gasteiger partial charge in [-0.2, -0.15) is 0 Å². The number of hydrogen-bond acceptors (Lipinski definition) is 6. The number of piperazine rings is 1. The summed E-state index contributed by atoms with van der Waals surface area (Å²) in [5, 5.41) is 2.93. The Balaban J connectivity index is 1.55. The third kappa shape index (κ3) is 8.11. The van der Waals surface area contributed by atoms with E-state index in [2.05, 4.69) is 34.0 Å². The third-order valence-electron chi connectivity index (χ3n) is 7.54. The number of hydrogen-bond donors (Lipinski definition) is 1. The highest BCUT2D eigenvalue weighted by Gasteiger charge is 2.34. The van der Waals surface area contributed by atoms with Crippen LogP contribution in [-0.4, -0.2) is 115 Å². The summed E-state index contributed by atoms with van der Waals surface area (Å²) >= 11 is 0. The number of likely N-dealkylation sites (tertiary alicyclic amines) is 2. The molecule has 2 amide bonds. The van der Waals surface area contributed by atoms with E-state index in [4.69, 9.17) is 4.74 Å². The Kier molecular flexibility index (Phi) is 9.42. The molecule has 1 N–H and O–H groups in total. The molecule has 0 aromatic rings. The SMILES string of the molecule is CCN1CCC(N2CCN(C(=O)[C@@H](CC3CCN(C)CC3)NC(=O)OC(C)(C)C)CC2)CC1. The summed E-state index contributed by atoms with van der Waals surface area (Å²) in [6.45, 7) is 16.7. The van der Waals surface area contributed by atoms with Crippen LogP contribution in [0.2, 0.25) is 0 Å². The van der Waals surface area contributed by atoms with E-state index in [9.17, 15) is 9.59 Å². The second kappa shape index (κ2) is 11.8. The van der Waals surface area contributed by atoms with E-state index >= 15 is 0 Å². The molecule has 0 radical (unpaired) electrons. The molecule has 3 aliphatic rings. The molecule has 3 aliphatic heterocycles. The summed E-state index contributed by atoms with van der Waals surface area (Å²) in [6.07, 6.45) is 4.79. The van der Waals surface area contributed by atoms with E-state index < -0.39 is 17.7 Å². The molecular formula is C25H47N5O3. The van der Waals surface area contributed by atoms with Crippen LogP contribution in [0, 0.1) is 5.92 Å². The largest absolute Gasteiger partial charge is 0.444 e. The molecule has 0 saturated carbocycles. The highest BCUT2D eigenvalue weighted by atomic mass is 16.6. The molecule has 0 unspecified atom stereocenters. The summed E-state index contributed by atoms with van der Waals surface area (Å²) in [5.41, 5.74) is -0.579. The third-order valence-corrected chi connectivity index (χ3v) is 7.54. The Bertz CT molecular complexity index is 628. The average Bonchev–Trinajstić information content (AvgIpc) is 2.78. The average molecular weight is 466 g/mol. The molecule has 0 bridgehead atoms. The molecule has 3 heterocycles. The van der Waals surface area contributed by atoms with Crippen LogP contribution in [0.25, 0.3) is 0 Å². The quantitative estimate of drug-likeness (QED) is 0.649. The molecule has 33 heavy (non-hydrogen) atoms. The van der Waals surface area contributed by atoms with Crippen LogP contribution in [0.1, 0.15) is 59.8 Å². The lowest BCUT2D eigenvalue weighted by atomic mass is 9.90. The molecule has 3 saturated heterocycles. The first-order chi connectivity index (χ1) is 15.6. The number of carbonyl (C=O) groups excluding carboxylic acids is 2. The normalized spacial score (nSPS) is 24.0. The fourth-order valence-electron chi connectivity index (χ4n) is 5.43. The van der Waals surface area contributed by atoms with Crippen molar-refractivity contribution in [1.82, 2.24) is 24.9 Å². The van der Waals surface area contributed by atoms with E-state index in [1.807, 2.05) is 25.7 Å². The van der Waals surface area contributed by atoms with Crippen LogP contribution in [-0.2, 0) is 9.53 Å². The number of alkyl carbamates (subject to hydrolysis) is 1. The van der Waals surface area contributed by atoms with E-state index in [0.29, 0.717) is 18.4 Å². The van der Waals surface area contributed by atoms with Gasteiger partial charge in [-0.15, -0.1) is 0 Å². The van der Waals surface area contributed by atoms with Crippen molar-refractivity contribution in [3.8, 4) is 0 Å². The van der Waals surface area contributed by atoms with Crippen LogP contribution >= 0.6 is 0 Å². The van der Waals surface area contributed by atoms with Gasteiger partial charge in [0.05, 0.1) is 0 Å². The predicted octanol–water partition coefficient (Wildman–Crippen LogP) is 2.24. The van der Waals surface area contributed by atoms with Crippen molar-refractivity contribution in [2.45, 2.75) is 77.5 Å². The first kappa shape index (κ1) is 26.2. The lowest BCUT2D eigenvalue weighted by molar-refractivity contribution is -0.136. The van der Waals surface area contributed by atoms with Gasteiger partial charge in [0, 0.05) is 32.2 Å². The van der Waals surface area contributed by atoms with Gasteiger partial charge >= 0.3 is 6.09 Å². The summed E-state index contributed by atoms with van der Waals surface area (Å²) in [4.78, 5) is 35.5. The van der Waals surface area contributed by atoms with Crippen LogP contribution in [0.15, 0.2) is 0 Å². The number of ether oxygens (including phenoxy) is 1. The first-order valence-corrected chi connectivity index (χ1v) is 13.1. The number of rotatable bonds is 6. The summed E-state index contributed by atoms with van der Waals surface area (Å²) in [6, 6.07) is 0.132. The fourth-order valence-corrected chi connectivity index (χ4v) is 5.43. The zero-order chi connectivity index (χ0) is 24.0. The van der Waals surface area contributed by atoms with Gasteiger partial charge in [0.25, 0.3) is 0 Å². The highest BCUT2D eigenvalue weighted by molar-refractivity contribution is 5.85. The van der Waals surface area contributed by atoms with Gasteiger partial charge in [0.15, 0.2) is 0 Å². The molecule has 0 aliphatic carbocycles. The number of amides is 2. The van der Waals surface area contributed by atoms with Gasteiger partial charge < -0.3 is 24.8 Å². The molecule has 1 atom stereocenters. The Hall–Kier alpha value is -1.38. The van der Waals surface area contributed by atoms with E-state index in [0.717, 1.165) is 58.7 Å². The van der Waals surface area contributed by atoms with Gasteiger partial charge in [0.2, 0.25) is 5.91 Å². The number of piperidine rings is 2. The van der Waals surface area contributed by atoms with Gasteiger partial charge in [-0.1, -0.05) is 6.92 Å². The maximum atomic E-state index is 13.5. The Morgan fingerprint density at radius 3 is 2.09 bits per heavy atom. The number of nitrogens with one attached hydrogen (secondary N) is 1. The van der Waals surface area contributed by atoms with E-state index in [1.54, 1.807) is 0 Å². The summed E-state index contributed by atoms with van der Waals surface area (Å²) < 4.78 is 5.48. The molecule has 0 aromatic carbocycles. The molecule has 190 valence electrons. The van der Waals surface area contributed by atoms with E-state index in [1.165, 1.54) is 25.9 Å². The zero-order valence-corrected chi connectivity index (χ0v) is 21.6. The van der Waals surface area contributed by atoms with Crippen molar-refractivity contribution in [2.24, 2.45) is 5.92 Å². The lowest BCUT2D eigenvalue weighted by Gasteiger charge is -2.43. The standard InChI is InChI=1S/C25H47N5O3/c1-6-28-13-9-21(10-14-28)29-15-17-30(18-16-29)23(31)22(26-24(32)33-25(2,3)4)19-20-7-11-27(5)12-8-20/h20-22H,6-19H2,1-5H3,(H,26,32)/t22-/m1/s1. The molecule has 0 aromatic heterocycles. The predicted molar refractivity (Wildman–Crippen MR) is 131 cm³/mol. The maximum Gasteiger partial charge on any atom is 0.408 e. The minimum Gasteiger partial charge on any atom is -0.444 e. The van der Waals surface area contributed by atoms with Crippen molar-refractivity contribution >= 4 is 12.0 Å². The second-order valence-electron chi connectivity index (χ2n) is 11.2. The van der Waals surface area contributed by atoms with Crippen molar-refractivity contribution in [3.05, 3.63) is 0 Å². The molecule has 3 fully saturated rings. The maximum absolute atomic E-state index is 13.5. The van der Waals surface area contributed by atoms with Gasteiger partial charge in [-0.3, -0.25) is 9.69 Å². The smallest absolute Gasteiger partial charge is 0.408 e. The Morgan fingerprint density at radius 1 is 0.939 bits per heavy atom. The van der Waals surface area contributed by atoms with Gasteiger partial charge in [-0.25, -0.2) is 4.79 Å². The van der Waals surface area contributed by atoms with Crippen LogP contribution in [0.4, 0.5) is 4.79 Å². The minimum atomic E-state index is -0.579. The minimum absolute atomic E-state index is 0.0558. The highest BCUT2D eigenvalue weighted by Crippen LogP contribution is 2.23. The second-order valence-corrected chi connectivity index (χ2v) is 11.2. The molecule has 3 rings (SSSR count). The molecule has 8 heteroatoms. The molecule has 8 nitrogen and oxygen atoms in total. The number of carbonyl (C=O) groups is 2. The van der Waals surface area contributed by atoms with Crippen molar-refractivity contribution in [2.75, 3.05) is 66.0 Å². The molecular weight excluding hydrogens is 418 g/mol. The van der Waals surface area contributed by atoms with Crippen molar-refractivity contribution in [1.29, 1.82) is 0 Å². The van der Waals surface area contributed by atoms with Gasteiger partial charge in [0.1, 0.15) is 11.6 Å². The summed E-state index contributed by atoms with van der Waals surface area (Å²) in [7, 11) is 2.14. The fraction of sp³-hybridized carbons (Fsp3) is 0.920. The Morgan fingerprint density at radius 2 is 1.55 bits per heavy atom. The zero-order valence-electron chi connectivity index (χ0n) is 21.6. The first-order valence-electron chi connectivity index (χ1n) is 13.1. The topological polar surface area (TPSA) is 68.4 Å². The van der Waals surface area contributed by atoms with Crippen LogP contribution < -0.4 is 5.32 Å². The summed E-state index contributed by atoms with van der Waals surface area (Å²) in [5.74, 6) is 0.510.